The fourth-order valence-electron chi connectivity index (χ4n) is 1.96. The van der Waals surface area contributed by atoms with E-state index in [0.717, 1.165) is 0 Å². The maximum Gasteiger partial charge on any atom is 0.125 e. The van der Waals surface area contributed by atoms with E-state index in [1.54, 1.807) is 28.7 Å². The summed E-state index contributed by atoms with van der Waals surface area (Å²) in [7, 11) is 0. The highest BCUT2D eigenvalue weighted by Gasteiger charge is 2.17. The summed E-state index contributed by atoms with van der Waals surface area (Å²) in [6, 6.07) is 12.5. The summed E-state index contributed by atoms with van der Waals surface area (Å²) in [5.41, 5.74) is 0.610. The smallest absolute Gasteiger partial charge is 0.125 e. The first kappa shape index (κ1) is 13.6. The Bertz CT molecular complexity index is 646. The molecular weight excluding hydrogens is 313 g/mol. The van der Waals surface area contributed by atoms with Crippen molar-refractivity contribution in [2.75, 3.05) is 5.32 Å². The Morgan fingerprint density at radius 1 is 1.00 bits per heavy atom. The Kier molecular flexibility index (Phi) is 4.05. The molecule has 0 aliphatic heterocycles. The lowest BCUT2D eigenvalue weighted by Gasteiger charge is -2.18. The van der Waals surface area contributed by atoms with E-state index in [1.165, 1.54) is 21.9 Å². The molecule has 0 unspecified atom stereocenters. The fourth-order valence-corrected chi connectivity index (χ4v) is 3.79. The SMILES string of the molecule is Fc1ccc(Cl)c(NC(c2cccs2)c2cccs2)c1. The molecule has 0 atom stereocenters. The number of hydrogen-bond donors (Lipinski definition) is 1. The molecule has 20 heavy (non-hydrogen) atoms. The van der Waals surface area contributed by atoms with Gasteiger partial charge in [-0.2, -0.15) is 0 Å². The summed E-state index contributed by atoms with van der Waals surface area (Å²) in [5, 5.41) is 7.92. The van der Waals surface area contributed by atoms with E-state index >= 15 is 0 Å². The van der Waals surface area contributed by atoms with Crippen LogP contribution >= 0.6 is 34.3 Å². The van der Waals surface area contributed by atoms with Crippen molar-refractivity contribution < 1.29 is 4.39 Å². The summed E-state index contributed by atoms with van der Waals surface area (Å²) in [4.78, 5) is 2.35. The zero-order valence-corrected chi connectivity index (χ0v) is 12.7. The molecule has 0 radical (unpaired) electrons. The van der Waals surface area contributed by atoms with Crippen molar-refractivity contribution in [2.24, 2.45) is 0 Å². The second kappa shape index (κ2) is 5.95. The molecule has 1 nitrogen and oxygen atoms in total. The summed E-state index contributed by atoms with van der Waals surface area (Å²) in [5.74, 6) is -0.298. The Labute approximate surface area is 129 Å². The van der Waals surface area contributed by atoms with Gasteiger partial charge in [0.15, 0.2) is 0 Å². The topological polar surface area (TPSA) is 12.0 Å². The lowest BCUT2D eigenvalue weighted by atomic mass is 10.2. The highest BCUT2D eigenvalue weighted by molar-refractivity contribution is 7.11. The molecule has 0 aliphatic carbocycles. The highest BCUT2D eigenvalue weighted by atomic mass is 35.5. The standard InChI is InChI=1S/C15H11ClFNS2/c16-11-6-5-10(17)9-12(11)18-15(13-3-1-7-19-13)14-4-2-8-20-14/h1-9,15,18H. The summed E-state index contributed by atoms with van der Waals surface area (Å²) in [6.07, 6.45) is 0. The van der Waals surface area contributed by atoms with E-state index in [2.05, 4.69) is 17.4 Å². The molecule has 3 rings (SSSR count). The Morgan fingerprint density at radius 3 is 2.20 bits per heavy atom. The average Bonchev–Trinajstić information content (AvgIpc) is 3.12. The first-order valence-electron chi connectivity index (χ1n) is 6.02. The lowest BCUT2D eigenvalue weighted by molar-refractivity contribution is 0.628. The van der Waals surface area contributed by atoms with Crippen molar-refractivity contribution in [1.82, 2.24) is 0 Å². The normalized spacial score (nSPS) is 10.9. The van der Waals surface area contributed by atoms with Gasteiger partial charge in [0.1, 0.15) is 5.82 Å². The fraction of sp³-hybridized carbons (Fsp3) is 0.0667. The van der Waals surface area contributed by atoms with Crippen LogP contribution in [-0.2, 0) is 0 Å². The van der Waals surface area contributed by atoms with Crippen LogP contribution in [-0.4, -0.2) is 0 Å². The second-order valence-corrected chi connectivity index (χ2v) is 6.60. The zero-order chi connectivity index (χ0) is 13.9. The molecule has 0 aliphatic rings. The summed E-state index contributed by atoms with van der Waals surface area (Å²) >= 11 is 9.47. The van der Waals surface area contributed by atoms with Crippen molar-refractivity contribution in [1.29, 1.82) is 0 Å². The molecule has 0 saturated carbocycles. The van der Waals surface area contributed by atoms with Crippen molar-refractivity contribution in [3.8, 4) is 0 Å². The van der Waals surface area contributed by atoms with Gasteiger partial charge in [-0.25, -0.2) is 4.39 Å². The zero-order valence-electron chi connectivity index (χ0n) is 10.3. The monoisotopic (exact) mass is 323 g/mol. The van der Waals surface area contributed by atoms with Crippen LogP contribution in [0.4, 0.5) is 10.1 Å². The van der Waals surface area contributed by atoms with E-state index in [9.17, 15) is 4.39 Å². The van der Waals surface area contributed by atoms with Crippen molar-refractivity contribution >= 4 is 40.0 Å². The van der Waals surface area contributed by atoms with Crippen LogP contribution in [0.3, 0.4) is 0 Å². The minimum atomic E-state index is -0.298. The minimum Gasteiger partial charge on any atom is -0.371 e. The maximum atomic E-state index is 13.4. The first-order valence-corrected chi connectivity index (χ1v) is 8.16. The largest absolute Gasteiger partial charge is 0.371 e. The summed E-state index contributed by atoms with van der Waals surface area (Å²) < 4.78 is 13.4. The van der Waals surface area contributed by atoms with Crippen LogP contribution in [0.5, 0.6) is 0 Å². The quantitative estimate of drug-likeness (QED) is 0.639. The summed E-state index contributed by atoms with van der Waals surface area (Å²) in [6.45, 7) is 0. The van der Waals surface area contributed by atoms with Gasteiger partial charge in [-0.3, -0.25) is 0 Å². The third kappa shape index (κ3) is 2.87. The van der Waals surface area contributed by atoms with Gasteiger partial charge in [0, 0.05) is 9.75 Å². The number of hydrogen-bond acceptors (Lipinski definition) is 3. The van der Waals surface area contributed by atoms with Gasteiger partial charge in [-0.1, -0.05) is 23.7 Å². The Balaban J connectivity index is 1.97. The molecule has 5 heteroatoms. The molecule has 1 aromatic carbocycles. The van der Waals surface area contributed by atoms with Gasteiger partial charge in [0.25, 0.3) is 0 Å². The van der Waals surface area contributed by atoms with E-state index in [1.807, 2.05) is 22.9 Å². The molecule has 0 fully saturated rings. The van der Waals surface area contributed by atoms with Crippen LogP contribution in [0.25, 0.3) is 0 Å². The number of halogens is 2. The third-order valence-electron chi connectivity index (χ3n) is 2.88. The molecule has 3 aromatic rings. The van der Waals surface area contributed by atoms with Crippen molar-refractivity contribution in [3.63, 3.8) is 0 Å². The predicted molar refractivity (Wildman–Crippen MR) is 85.5 cm³/mol. The average molecular weight is 324 g/mol. The van der Waals surface area contributed by atoms with Gasteiger partial charge < -0.3 is 5.32 Å². The molecular formula is C15H11ClFNS2. The van der Waals surface area contributed by atoms with Crippen LogP contribution in [0, 0.1) is 5.82 Å². The predicted octanol–water partition coefficient (Wildman–Crippen LogP) is 5.80. The van der Waals surface area contributed by atoms with Crippen molar-refractivity contribution in [2.45, 2.75) is 6.04 Å². The van der Waals surface area contributed by atoms with Gasteiger partial charge in [0.2, 0.25) is 0 Å². The van der Waals surface area contributed by atoms with Crippen LogP contribution in [0.1, 0.15) is 15.8 Å². The molecule has 2 aromatic heterocycles. The van der Waals surface area contributed by atoms with Crippen LogP contribution in [0.15, 0.2) is 53.2 Å². The van der Waals surface area contributed by atoms with E-state index in [4.69, 9.17) is 11.6 Å². The molecule has 1 N–H and O–H groups in total. The number of anilines is 1. The maximum absolute atomic E-state index is 13.4. The third-order valence-corrected chi connectivity index (χ3v) is 5.09. The molecule has 0 saturated heterocycles. The Hall–Kier alpha value is -1.36. The first-order chi connectivity index (χ1) is 9.74. The van der Waals surface area contributed by atoms with Gasteiger partial charge in [-0.15, -0.1) is 22.7 Å². The number of rotatable bonds is 4. The van der Waals surface area contributed by atoms with Crippen LogP contribution < -0.4 is 5.32 Å². The number of nitrogens with one attached hydrogen (secondary N) is 1. The van der Waals surface area contributed by atoms with Crippen molar-refractivity contribution in [3.05, 3.63) is 73.8 Å². The molecule has 102 valence electrons. The van der Waals surface area contributed by atoms with E-state index in [-0.39, 0.29) is 11.9 Å². The number of thiophene rings is 2. The highest BCUT2D eigenvalue weighted by Crippen LogP contribution is 2.34. The Morgan fingerprint density at radius 2 is 1.65 bits per heavy atom. The molecule has 0 bridgehead atoms. The molecule has 0 spiro atoms. The van der Waals surface area contributed by atoms with Gasteiger partial charge in [0.05, 0.1) is 16.8 Å². The molecule has 2 heterocycles. The van der Waals surface area contributed by atoms with Gasteiger partial charge in [-0.05, 0) is 41.1 Å². The number of benzene rings is 1. The minimum absolute atomic E-state index is 0.00528. The van der Waals surface area contributed by atoms with Gasteiger partial charge >= 0.3 is 0 Å². The van der Waals surface area contributed by atoms with E-state index < -0.39 is 0 Å². The van der Waals surface area contributed by atoms with E-state index in [0.29, 0.717) is 10.7 Å². The molecule has 0 amide bonds. The lowest BCUT2D eigenvalue weighted by Crippen LogP contribution is -2.10. The second-order valence-electron chi connectivity index (χ2n) is 4.23. The van der Waals surface area contributed by atoms with Crippen LogP contribution in [0.2, 0.25) is 5.02 Å².